The van der Waals surface area contributed by atoms with Crippen molar-refractivity contribution in [1.82, 2.24) is 9.97 Å². The summed E-state index contributed by atoms with van der Waals surface area (Å²) in [4.78, 5) is 7.74. The van der Waals surface area contributed by atoms with Gasteiger partial charge in [-0.25, -0.2) is 4.98 Å². The fourth-order valence-electron chi connectivity index (χ4n) is 0.608. The molecule has 0 atom stereocenters. The van der Waals surface area contributed by atoms with Gasteiger partial charge in [-0.2, -0.15) is 0 Å². The highest BCUT2D eigenvalue weighted by Crippen LogP contribution is 1.97. The molecule has 0 spiro atoms. The predicted molar refractivity (Wildman–Crippen MR) is 42.6 cm³/mol. The predicted octanol–water partition coefficient (Wildman–Crippen LogP) is 0.0643. The first-order chi connectivity index (χ1) is 5.33. The fourth-order valence-corrected chi connectivity index (χ4v) is 0.608. The number of anilines is 1. The van der Waals surface area contributed by atoms with Crippen LogP contribution in [0.25, 0.3) is 6.08 Å². The van der Waals surface area contributed by atoms with Crippen molar-refractivity contribution < 1.29 is 5.11 Å². The van der Waals surface area contributed by atoms with Gasteiger partial charge in [0.05, 0.1) is 24.7 Å². The Balaban J connectivity index is 2.73. The lowest BCUT2D eigenvalue weighted by Gasteiger charge is -1.91. The van der Waals surface area contributed by atoms with Crippen LogP contribution in [0.5, 0.6) is 0 Å². The molecule has 11 heavy (non-hydrogen) atoms. The van der Waals surface area contributed by atoms with E-state index in [1.807, 2.05) is 0 Å². The Labute approximate surface area is 64.4 Å². The van der Waals surface area contributed by atoms with E-state index in [2.05, 4.69) is 9.97 Å². The van der Waals surface area contributed by atoms with Gasteiger partial charge in [0.2, 0.25) is 0 Å². The number of nitrogens with zero attached hydrogens (tertiary/aromatic N) is 2. The van der Waals surface area contributed by atoms with Gasteiger partial charge in [-0.15, -0.1) is 0 Å². The highest BCUT2D eigenvalue weighted by molar-refractivity contribution is 5.44. The molecule has 3 N–H and O–H groups in total. The standard InChI is InChI=1S/C7H9N3O/c8-7-5-9-6(4-10-7)2-1-3-11/h1-2,4-5,11H,3H2,(H2,8,10). The van der Waals surface area contributed by atoms with Crippen molar-refractivity contribution in [3.05, 3.63) is 24.2 Å². The minimum atomic E-state index is 0.00601. The van der Waals surface area contributed by atoms with Gasteiger partial charge in [0.15, 0.2) is 0 Å². The third-order valence-corrected chi connectivity index (χ3v) is 1.09. The van der Waals surface area contributed by atoms with Crippen molar-refractivity contribution in [2.24, 2.45) is 0 Å². The fraction of sp³-hybridized carbons (Fsp3) is 0.143. The summed E-state index contributed by atoms with van der Waals surface area (Å²) in [6.45, 7) is 0.00601. The number of hydrogen-bond acceptors (Lipinski definition) is 4. The molecule has 0 amide bonds. The Hall–Kier alpha value is -1.42. The molecule has 0 saturated heterocycles. The van der Waals surface area contributed by atoms with Crippen LogP contribution in [0.1, 0.15) is 5.69 Å². The second kappa shape index (κ2) is 3.68. The quantitative estimate of drug-likeness (QED) is 0.627. The van der Waals surface area contributed by atoms with Gasteiger partial charge in [0, 0.05) is 0 Å². The largest absolute Gasteiger partial charge is 0.392 e. The van der Waals surface area contributed by atoms with Gasteiger partial charge in [-0.05, 0) is 6.08 Å². The zero-order chi connectivity index (χ0) is 8.10. The molecular formula is C7H9N3O. The van der Waals surface area contributed by atoms with E-state index in [0.717, 1.165) is 0 Å². The maximum absolute atomic E-state index is 8.42. The van der Waals surface area contributed by atoms with E-state index in [1.54, 1.807) is 18.3 Å². The van der Waals surface area contributed by atoms with Crippen molar-refractivity contribution >= 4 is 11.9 Å². The molecular weight excluding hydrogens is 142 g/mol. The molecule has 1 aromatic heterocycles. The SMILES string of the molecule is Nc1cnc(C=CCO)cn1. The Kier molecular flexibility index (Phi) is 2.57. The molecule has 1 aromatic rings. The number of aliphatic hydroxyl groups is 1. The van der Waals surface area contributed by atoms with Gasteiger partial charge in [0.25, 0.3) is 0 Å². The molecule has 1 heterocycles. The molecule has 0 saturated carbocycles. The second-order valence-corrected chi connectivity index (χ2v) is 1.95. The Morgan fingerprint density at radius 3 is 2.82 bits per heavy atom. The lowest BCUT2D eigenvalue weighted by atomic mass is 10.4. The molecule has 0 radical (unpaired) electrons. The number of nitrogen functional groups attached to an aromatic ring is 1. The second-order valence-electron chi connectivity index (χ2n) is 1.95. The van der Waals surface area contributed by atoms with Gasteiger partial charge in [-0.1, -0.05) is 6.08 Å². The van der Waals surface area contributed by atoms with Crippen LogP contribution >= 0.6 is 0 Å². The first-order valence-corrected chi connectivity index (χ1v) is 3.18. The normalized spacial score (nSPS) is 10.6. The third-order valence-electron chi connectivity index (χ3n) is 1.09. The molecule has 4 heteroatoms. The first-order valence-electron chi connectivity index (χ1n) is 3.18. The summed E-state index contributed by atoms with van der Waals surface area (Å²) in [5.74, 6) is 0.395. The third kappa shape index (κ3) is 2.35. The van der Waals surface area contributed by atoms with Crippen LogP contribution in [0.3, 0.4) is 0 Å². The Bertz CT molecular complexity index is 242. The van der Waals surface area contributed by atoms with Crippen LogP contribution in [0, 0.1) is 0 Å². The Morgan fingerprint density at radius 2 is 2.27 bits per heavy atom. The topological polar surface area (TPSA) is 72.0 Å². The molecule has 0 aromatic carbocycles. The van der Waals surface area contributed by atoms with E-state index in [1.165, 1.54) is 6.20 Å². The molecule has 0 fully saturated rings. The molecule has 0 unspecified atom stereocenters. The zero-order valence-electron chi connectivity index (χ0n) is 5.94. The lowest BCUT2D eigenvalue weighted by molar-refractivity contribution is 0.343. The van der Waals surface area contributed by atoms with Crippen molar-refractivity contribution in [3.63, 3.8) is 0 Å². The molecule has 0 aliphatic heterocycles. The van der Waals surface area contributed by atoms with Gasteiger partial charge < -0.3 is 10.8 Å². The number of rotatable bonds is 2. The monoisotopic (exact) mass is 151 g/mol. The van der Waals surface area contributed by atoms with E-state index in [9.17, 15) is 0 Å². The molecule has 0 aliphatic rings. The molecule has 58 valence electrons. The van der Waals surface area contributed by atoms with Gasteiger partial charge in [0.1, 0.15) is 5.82 Å². The van der Waals surface area contributed by atoms with Crippen LogP contribution in [0.4, 0.5) is 5.82 Å². The number of aromatic nitrogens is 2. The highest BCUT2D eigenvalue weighted by atomic mass is 16.2. The van der Waals surface area contributed by atoms with Crippen LogP contribution in [-0.2, 0) is 0 Å². The molecule has 0 bridgehead atoms. The van der Waals surface area contributed by atoms with Gasteiger partial charge in [-0.3, -0.25) is 4.98 Å². The first kappa shape index (κ1) is 7.68. The van der Waals surface area contributed by atoms with Crippen LogP contribution < -0.4 is 5.73 Å². The van der Waals surface area contributed by atoms with Crippen LogP contribution in [0.15, 0.2) is 18.5 Å². The van der Waals surface area contributed by atoms with E-state index in [4.69, 9.17) is 10.8 Å². The van der Waals surface area contributed by atoms with Crippen molar-refractivity contribution in [2.75, 3.05) is 12.3 Å². The molecule has 4 nitrogen and oxygen atoms in total. The van der Waals surface area contributed by atoms with Gasteiger partial charge >= 0.3 is 0 Å². The number of nitrogens with two attached hydrogens (primary N) is 1. The summed E-state index contributed by atoms with van der Waals surface area (Å²) in [5, 5.41) is 8.42. The minimum absolute atomic E-state index is 0.00601. The number of aliphatic hydroxyl groups excluding tert-OH is 1. The highest BCUT2D eigenvalue weighted by Gasteiger charge is 1.87. The molecule has 0 aliphatic carbocycles. The summed E-state index contributed by atoms with van der Waals surface area (Å²) < 4.78 is 0. The summed E-state index contributed by atoms with van der Waals surface area (Å²) in [5.41, 5.74) is 6.00. The average Bonchev–Trinajstić information content (AvgIpc) is 2.04. The summed E-state index contributed by atoms with van der Waals surface area (Å²) in [7, 11) is 0. The van der Waals surface area contributed by atoms with Crippen molar-refractivity contribution in [3.8, 4) is 0 Å². The minimum Gasteiger partial charge on any atom is -0.392 e. The smallest absolute Gasteiger partial charge is 0.141 e. The van der Waals surface area contributed by atoms with E-state index in [-0.39, 0.29) is 6.61 Å². The summed E-state index contributed by atoms with van der Waals surface area (Å²) in [6, 6.07) is 0. The lowest BCUT2D eigenvalue weighted by Crippen LogP contribution is -1.91. The van der Waals surface area contributed by atoms with E-state index in [0.29, 0.717) is 11.5 Å². The number of hydrogen-bond donors (Lipinski definition) is 2. The maximum Gasteiger partial charge on any atom is 0.141 e. The molecule has 1 rings (SSSR count). The van der Waals surface area contributed by atoms with Crippen LogP contribution in [0.2, 0.25) is 0 Å². The summed E-state index contributed by atoms with van der Waals surface area (Å²) in [6.07, 6.45) is 6.27. The van der Waals surface area contributed by atoms with Crippen molar-refractivity contribution in [1.29, 1.82) is 0 Å². The summed E-state index contributed by atoms with van der Waals surface area (Å²) >= 11 is 0. The zero-order valence-corrected chi connectivity index (χ0v) is 5.94. The maximum atomic E-state index is 8.42. The average molecular weight is 151 g/mol. The Morgan fingerprint density at radius 1 is 1.45 bits per heavy atom. The van der Waals surface area contributed by atoms with Crippen molar-refractivity contribution in [2.45, 2.75) is 0 Å². The van der Waals surface area contributed by atoms with E-state index < -0.39 is 0 Å². The van der Waals surface area contributed by atoms with Crippen LogP contribution in [-0.4, -0.2) is 21.7 Å². The van der Waals surface area contributed by atoms with E-state index >= 15 is 0 Å².